The standard InChI is InChI=1S/C10H14N2O2/c1-2-14-10(13)12-11-9-6-7-4-3-5-8(7)9/h3-4,7-8H,2,5-6H2,1H3,(H,12,13). The third kappa shape index (κ3) is 1.64. The summed E-state index contributed by atoms with van der Waals surface area (Å²) in [6, 6.07) is 0. The van der Waals surface area contributed by atoms with E-state index in [2.05, 4.69) is 22.7 Å². The van der Waals surface area contributed by atoms with Gasteiger partial charge in [0.2, 0.25) is 0 Å². The van der Waals surface area contributed by atoms with Crippen LogP contribution >= 0.6 is 0 Å². The van der Waals surface area contributed by atoms with Gasteiger partial charge in [0, 0.05) is 11.6 Å². The van der Waals surface area contributed by atoms with E-state index in [1.165, 1.54) is 0 Å². The van der Waals surface area contributed by atoms with Crippen molar-refractivity contribution in [3.63, 3.8) is 0 Å². The molecule has 4 nitrogen and oxygen atoms in total. The fraction of sp³-hybridized carbons (Fsp3) is 0.600. The quantitative estimate of drug-likeness (QED) is 0.537. The number of amides is 1. The smallest absolute Gasteiger partial charge is 0.427 e. The average molecular weight is 194 g/mol. The molecule has 2 rings (SSSR count). The Morgan fingerprint density at radius 2 is 2.64 bits per heavy atom. The summed E-state index contributed by atoms with van der Waals surface area (Å²) in [5, 5.41) is 4.04. The minimum absolute atomic E-state index is 0.379. The number of fused-ring (bicyclic) bond motifs is 1. The third-order valence-electron chi connectivity index (χ3n) is 2.73. The Morgan fingerprint density at radius 1 is 1.79 bits per heavy atom. The molecule has 2 aliphatic carbocycles. The van der Waals surface area contributed by atoms with E-state index in [9.17, 15) is 4.79 Å². The zero-order chi connectivity index (χ0) is 9.97. The first-order valence-electron chi connectivity index (χ1n) is 4.97. The van der Waals surface area contributed by atoms with Gasteiger partial charge in [-0.05, 0) is 25.7 Å². The first-order valence-corrected chi connectivity index (χ1v) is 4.97. The highest BCUT2D eigenvalue weighted by molar-refractivity contribution is 5.94. The van der Waals surface area contributed by atoms with E-state index >= 15 is 0 Å². The fourth-order valence-corrected chi connectivity index (χ4v) is 1.94. The summed E-state index contributed by atoms with van der Waals surface area (Å²) in [5.74, 6) is 1.20. The molecule has 1 N–H and O–H groups in total. The van der Waals surface area contributed by atoms with Crippen LogP contribution in [0.15, 0.2) is 17.3 Å². The van der Waals surface area contributed by atoms with Gasteiger partial charge >= 0.3 is 6.09 Å². The lowest BCUT2D eigenvalue weighted by Crippen LogP contribution is -2.35. The Hall–Kier alpha value is -1.32. The number of hydrogen-bond donors (Lipinski definition) is 1. The van der Waals surface area contributed by atoms with Crippen molar-refractivity contribution in [2.45, 2.75) is 19.8 Å². The van der Waals surface area contributed by atoms with Crippen LogP contribution < -0.4 is 5.43 Å². The van der Waals surface area contributed by atoms with Crippen LogP contribution in [0.25, 0.3) is 0 Å². The molecule has 0 saturated heterocycles. The number of hydrogen-bond acceptors (Lipinski definition) is 3. The molecule has 2 atom stereocenters. The molecule has 0 heterocycles. The molecule has 1 amide bonds. The molecule has 14 heavy (non-hydrogen) atoms. The van der Waals surface area contributed by atoms with E-state index in [1.54, 1.807) is 6.92 Å². The van der Waals surface area contributed by atoms with E-state index < -0.39 is 6.09 Å². The zero-order valence-corrected chi connectivity index (χ0v) is 8.19. The minimum Gasteiger partial charge on any atom is -0.449 e. The summed E-state index contributed by atoms with van der Waals surface area (Å²) in [7, 11) is 0. The van der Waals surface area contributed by atoms with Crippen LogP contribution in [0.1, 0.15) is 19.8 Å². The van der Waals surface area contributed by atoms with Crippen molar-refractivity contribution in [1.29, 1.82) is 0 Å². The van der Waals surface area contributed by atoms with Gasteiger partial charge in [0.05, 0.1) is 6.61 Å². The maximum absolute atomic E-state index is 10.9. The lowest BCUT2D eigenvalue weighted by Gasteiger charge is -2.31. The molecule has 0 aromatic carbocycles. The second-order valence-electron chi connectivity index (χ2n) is 3.57. The lowest BCUT2D eigenvalue weighted by atomic mass is 9.74. The fourth-order valence-electron chi connectivity index (χ4n) is 1.94. The number of nitrogens with zero attached hydrogens (tertiary/aromatic N) is 1. The van der Waals surface area contributed by atoms with Crippen molar-refractivity contribution in [1.82, 2.24) is 5.43 Å². The van der Waals surface area contributed by atoms with Crippen molar-refractivity contribution in [2.24, 2.45) is 16.9 Å². The highest BCUT2D eigenvalue weighted by atomic mass is 16.5. The van der Waals surface area contributed by atoms with E-state index in [0.29, 0.717) is 18.4 Å². The van der Waals surface area contributed by atoms with Crippen LogP contribution in [0.3, 0.4) is 0 Å². The molecule has 0 radical (unpaired) electrons. The predicted molar refractivity (Wildman–Crippen MR) is 52.9 cm³/mol. The van der Waals surface area contributed by atoms with Crippen LogP contribution in [0, 0.1) is 11.8 Å². The molecule has 0 aromatic heterocycles. The number of nitrogens with one attached hydrogen (secondary N) is 1. The van der Waals surface area contributed by atoms with Gasteiger partial charge in [-0.2, -0.15) is 5.10 Å². The lowest BCUT2D eigenvalue weighted by molar-refractivity contribution is 0.152. The number of allylic oxidation sites excluding steroid dienone is 2. The van der Waals surface area contributed by atoms with Crippen molar-refractivity contribution in [3.8, 4) is 0 Å². The van der Waals surface area contributed by atoms with E-state index in [1.807, 2.05) is 0 Å². The van der Waals surface area contributed by atoms with E-state index in [4.69, 9.17) is 4.74 Å². The van der Waals surface area contributed by atoms with E-state index in [-0.39, 0.29) is 0 Å². The molecule has 0 aromatic rings. The highest BCUT2D eigenvalue weighted by Crippen LogP contribution is 2.39. The maximum Gasteiger partial charge on any atom is 0.427 e. The van der Waals surface area contributed by atoms with Gasteiger partial charge in [-0.15, -0.1) is 0 Å². The van der Waals surface area contributed by atoms with Gasteiger partial charge in [-0.25, -0.2) is 10.2 Å². The van der Waals surface area contributed by atoms with Crippen LogP contribution in [0.2, 0.25) is 0 Å². The van der Waals surface area contributed by atoms with Crippen molar-refractivity contribution < 1.29 is 9.53 Å². The van der Waals surface area contributed by atoms with Crippen LogP contribution in [-0.2, 0) is 4.74 Å². The summed E-state index contributed by atoms with van der Waals surface area (Å²) in [4.78, 5) is 10.9. The second-order valence-corrected chi connectivity index (χ2v) is 3.57. The highest BCUT2D eigenvalue weighted by Gasteiger charge is 2.37. The first-order chi connectivity index (χ1) is 6.81. The van der Waals surface area contributed by atoms with Gasteiger partial charge in [0.25, 0.3) is 0 Å². The Bertz CT molecular complexity index is 296. The molecule has 1 saturated carbocycles. The van der Waals surface area contributed by atoms with Gasteiger partial charge in [-0.1, -0.05) is 12.2 Å². The number of hydrazone groups is 1. The van der Waals surface area contributed by atoms with Crippen molar-refractivity contribution >= 4 is 11.8 Å². The maximum atomic E-state index is 10.9. The van der Waals surface area contributed by atoms with Crippen molar-refractivity contribution in [2.75, 3.05) is 6.61 Å². The Morgan fingerprint density at radius 3 is 3.36 bits per heavy atom. The second kappa shape index (κ2) is 3.82. The summed E-state index contributed by atoms with van der Waals surface area (Å²) >= 11 is 0. The van der Waals surface area contributed by atoms with Gasteiger partial charge in [0.1, 0.15) is 0 Å². The van der Waals surface area contributed by atoms with Crippen LogP contribution in [0.4, 0.5) is 4.79 Å². The van der Waals surface area contributed by atoms with Gasteiger partial charge in [0.15, 0.2) is 0 Å². The molecule has 0 aliphatic heterocycles. The molecule has 0 spiro atoms. The molecule has 4 heteroatoms. The van der Waals surface area contributed by atoms with Crippen LogP contribution in [-0.4, -0.2) is 18.4 Å². The summed E-state index contributed by atoms with van der Waals surface area (Å²) in [6.07, 6.45) is 5.99. The molecule has 1 fully saturated rings. The predicted octanol–water partition coefficient (Wildman–Crippen LogP) is 1.68. The average Bonchev–Trinajstić information content (AvgIpc) is 2.48. The van der Waals surface area contributed by atoms with Crippen molar-refractivity contribution in [3.05, 3.63) is 12.2 Å². The Balaban J connectivity index is 1.80. The summed E-state index contributed by atoms with van der Waals surface area (Å²) in [5.41, 5.74) is 3.49. The molecule has 76 valence electrons. The monoisotopic (exact) mass is 194 g/mol. The molecule has 2 unspecified atom stereocenters. The number of carbonyl (C=O) groups excluding carboxylic acids is 1. The largest absolute Gasteiger partial charge is 0.449 e. The first kappa shape index (κ1) is 9.24. The Kier molecular flexibility index (Phi) is 2.52. The van der Waals surface area contributed by atoms with Crippen LogP contribution in [0.5, 0.6) is 0 Å². The zero-order valence-electron chi connectivity index (χ0n) is 8.19. The Labute approximate surface area is 83.0 Å². The number of carbonyl (C=O) groups is 1. The minimum atomic E-state index is -0.464. The third-order valence-corrected chi connectivity index (χ3v) is 2.73. The summed E-state index contributed by atoms with van der Waals surface area (Å²) in [6.45, 7) is 2.15. The normalized spacial score (nSPS) is 31.1. The molecule has 2 aliphatic rings. The van der Waals surface area contributed by atoms with E-state index in [0.717, 1.165) is 18.6 Å². The number of rotatable bonds is 2. The van der Waals surface area contributed by atoms with Gasteiger partial charge < -0.3 is 4.74 Å². The van der Waals surface area contributed by atoms with Gasteiger partial charge in [-0.3, -0.25) is 0 Å². The molecular weight excluding hydrogens is 180 g/mol. The molecular formula is C10H14N2O2. The topological polar surface area (TPSA) is 50.7 Å². The number of ether oxygens (including phenoxy) is 1. The summed E-state index contributed by atoms with van der Waals surface area (Å²) < 4.78 is 4.70. The molecule has 0 bridgehead atoms. The SMILES string of the molecule is CCOC(=O)NN=C1CC2C=CCC12.